The number of hydrogen-bond acceptors (Lipinski definition) is 3. The molecule has 1 aromatic heterocycles. The third kappa shape index (κ3) is 3.11. The first-order valence-corrected chi connectivity index (χ1v) is 9.53. The number of aryl methyl sites for hydroxylation is 1. The molecular formula is C21H26N2O3. The lowest BCUT2D eigenvalue weighted by Crippen LogP contribution is -2.52. The Morgan fingerprint density at radius 3 is 3.00 bits per heavy atom. The van der Waals surface area contributed by atoms with E-state index in [2.05, 4.69) is 6.07 Å². The fourth-order valence-corrected chi connectivity index (χ4v) is 4.52. The van der Waals surface area contributed by atoms with E-state index < -0.39 is 0 Å². The maximum Gasteiger partial charge on any atom is 0.227 e. The molecule has 3 heterocycles. The van der Waals surface area contributed by atoms with Crippen molar-refractivity contribution in [1.29, 1.82) is 0 Å². The molecule has 2 atom stereocenters. The summed E-state index contributed by atoms with van der Waals surface area (Å²) in [7, 11) is 1.92. The Balaban J connectivity index is 1.46. The van der Waals surface area contributed by atoms with Crippen LogP contribution >= 0.6 is 0 Å². The molecule has 0 spiro atoms. The molecule has 26 heavy (non-hydrogen) atoms. The third-order valence-electron chi connectivity index (χ3n) is 6.06. The van der Waals surface area contributed by atoms with Crippen molar-refractivity contribution < 1.29 is 14.0 Å². The summed E-state index contributed by atoms with van der Waals surface area (Å²) in [5.41, 5.74) is 2.95. The molecule has 0 radical (unpaired) electrons. The molecule has 5 heteroatoms. The highest BCUT2D eigenvalue weighted by Crippen LogP contribution is 2.30. The van der Waals surface area contributed by atoms with Gasteiger partial charge in [-0.1, -0.05) is 12.1 Å². The number of piperidine rings is 1. The largest absolute Gasteiger partial charge is 0.464 e. The van der Waals surface area contributed by atoms with Gasteiger partial charge in [0.1, 0.15) is 5.58 Å². The van der Waals surface area contributed by atoms with Gasteiger partial charge in [0, 0.05) is 43.5 Å². The van der Waals surface area contributed by atoms with Gasteiger partial charge in [0.15, 0.2) is 0 Å². The number of fused-ring (bicyclic) bond motifs is 2. The standard InChI is InChI=1S/C21H26N2O3/c1-14-6-7-17-16(13-26-19(17)10-14)11-21(25)23-9-8-18-15(12-23)4-3-5-20(24)22(18)2/h6-7,10,13,15,18H,3-5,8-9,11-12H2,1-2H3/t15-,18+/m0/s1. The lowest BCUT2D eigenvalue weighted by atomic mass is 9.88. The summed E-state index contributed by atoms with van der Waals surface area (Å²) in [5, 5.41) is 1.03. The molecular weight excluding hydrogens is 328 g/mol. The van der Waals surface area contributed by atoms with Crippen molar-refractivity contribution in [2.24, 2.45) is 5.92 Å². The number of amides is 2. The van der Waals surface area contributed by atoms with E-state index in [-0.39, 0.29) is 17.9 Å². The van der Waals surface area contributed by atoms with E-state index in [0.717, 1.165) is 54.4 Å². The minimum Gasteiger partial charge on any atom is -0.464 e. The van der Waals surface area contributed by atoms with E-state index in [4.69, 9.17) is 4.42 Å². The van der Waals surface area contributed by atoms with Crippen molar-refractivity contribution in [1.82, 2.24) is 9.80 Å². The quantitative estimate of drug-likeness (QED) is 0.832. The molecule has 2 fully saturated rings. The van der Waals surface area contributed by atoms with Crippen LogP contribution in [0.5, 0.6) is 0 Å². The molecule has 2 saturated heterocycles. The number of rotatable bonds is 2. The summed E-state index contributed by atoms with van der Waals surface area (Å²) in [4.78, 5) is 28.9. The highest BCUT2D eigenvalue weighted by Gasteiger charge is 2.37. The van der Waals surface area contributed by atoms with Gasteiger partial charge in [-0.15, -0.1) is 0 Å². The van der Waals surface area contributed by atoms with Crippen molar-refractivity contribution in [3.05, 3.63) is 35.6 Å². The van der Waals surface area contributed by atoms with Crippen LogP contribution in [0.25, 0.3) is 11.0 Å². The van der Waals surface area contributed by atoms with Gasteiger partial charge in [0.2, 0.25) is 11.8 Å². The van der Waals surface area contributed by atoms with Crippen LogP contribution in [0.15, 0.2) is 28.9 Å². The van der Waals surface area contributed by atoms with Crippen LogP contribution in [0.4, 0.5) is 0 Å². The Hall–Kier alpha value is -2.30. The molecule has 2 aliphatic heterocycles. The normalized spacial score (nSPS) is 23.8. The molecule has 0 N–H and O–H groups in total. The van der Waals surface area contributed by atoms with Gasteiger partial charge >= 0.3 is 0 Å². The predicted octanol–water partition coefficient (Wildman–Crippen LogP) is 3.14. The van der Waals surface area contributed by atoms with Crippen molar-refractivity contribution in [3.63, 3.8) is 0 Å². The zero-order valence-corrected chi connectivity index (χ0v) is 15.5. The molecule has 0 unspecified atom stereocenters. The highest BCUT2D eigenvalue weighted by atomic mass is 16.3. The van der Waals surface area contributed by atoms with Gasteiger partial charge < -0.3 is 14.2 Å². The van der Waals surface area contributed by atoms with Crippen molar-refractivity contribution in [2.45, 2.75) is 45.1 Å². The second-order valence-corrected chi connectivity index (χ2v) is 7.79. The summed E-state index contributed by atoms with van der Waals surface area (Å²) in [6.45, 7) is 3.52. The van der Waals surface area contributed by atoms with Crippen LogP contribution in [-0.4, -0.2) is 47.8 Å². The minimum absolute atomic E-state index is 0.157. The average Bonchev–Trinajstić information content (AvgIpc) is 2.95. The Labute approximate surface area is 153 Å². The number of carbonyl (C=O) groups excluding carboxylic acids is 2. The van der Waals surface area contributed by atoms with Crippen LogP contribution < -0.4 is 0 Å². The first-order valence-electron chi connectivity index (χ1n) is 9.53. The summed E-state index contributed by atoms with van der Waals surface area (Å²) < 4.78 is 5.63. The Bertz CT molecular complexity index is 841. The molecule has 4 rings (SSSR count). The first kappa shape index (κ1) is 17.1. The first-order chi connectivity index (χ1) is 12.5. The van der Waals surface area contributed by atoms with Gasteiger partial charge in [-0.25, -0.2) is 0 Å². The molecule has 2 aromatic rings. The number of nitrogens with zero attached hydrogens (tertiary/aromatic N) is 2. The van der Waals surface area contributed by atoms with E-state index in [0.29, 0.717) is 18.8 Å². The van der Waals surface area contributed by atoms with Crippen molar-refractivity contribution >= 4 is 22.8 Å². The van der Waals surface area contributed by atoms with Crippen LogP contribution in [-0.2, 0) is 16.0 Å². The average molecular weight is 354 g/mol. The third-order valence-corrected chi connectivity index (χ3v) is 6.06. The molecule has 1 aromatic carbocycles. The molecule has 0 saturated carbocycles. The van der Waals surface area contributed by atoms with Gasteiger partial charge in [0.25, 0.3) is 0 Å². The van der Waals surface area contributed by atoms with E-state index in [9.17, 15) is 9.59 Å². The number of hydrogen-bond donors (Lipinski definition) is 0. The molecule has 0 aliphatic carbocycles. The Morgan fingerprint density at radius 1 is 1.31 bits per heavy atom. The molecule has 2 aliphatic rings. The van der Waals surface area contributed by atoms with Gasteiger partial charge in [-0.2, -0.15) is 0 Å². The molecule has 2 amide bonds. The zero-order valence-electron chi connectivity index (χ0n) is 15.5. The highest BCUT2D eigenvalue weighted by molar-refractivity contribution is 5.88. The van der Waals surface area contributed by atoms with E-state index in [1.54, 1.807) is 6.26 Å². The fourth-order valence-electron chi connectivity index (χ4n) is 4.52. The van der Waals surface area contributed by atoms with Crippen molar-refractivity contribution in [2.75, 3.05) is 20.1 Å². The number of carbonyl (C=O) groups is 2. The topological polar surface area (TPSA) is 53.8 Å². The molecule has 0 bridgehead atoms. The van der Waals surface area contributed by atoms with Crippen LogP contribution in [0, 0.1) is 12.8 Å². The Morgan fingerprint density at radius 2 is 2.15 bits per heavy atom. The maximum absolute atomic E-state index is 12.9. The fraction of sp³-hybridized carbons (Fsp3) is 0.524. The van der Waals surface area contributed by atoms with E-state index in [1.165, 1.54) is 0 Å². The minimum atomic E-state index is 0.157. The summed E-state index contributed by atoms with van der Waals surface area (Å²) >= 11 is 0. The van der Waals surface area contributed by atoms with Gasteiger partial charge in [0.05, 0.1) is 12.7 Å². The van der Waals surface area contributed by atoms with Crippen LogP contribution in [0.1, 0.15) is 36.8 Å². The second-order valence-electron chi connectivity index (χ2n) is 7.79. The number of likely N-dealkylation sites (tertiary alicyclic amines) is 2. The van der Waals surface area contributed by atoms with Gasteiger partial charge in [-0.3, -0.25) is 9.59 Å². The number of furan rings is 1. The van der Waals surface area contributed by atoms with E-state index in [1.807, 2.05) is 35.9 Å². The lowest BCUT2D eigenvalue weighted by Gasteiger charge is -2.41. The van der Waals surface area contributed by atoms with Crippen molar-refractivity contribution in [3.8, 4) is 0 Å². The summed E-state index contributed by atoms with van der Waals surface area (Å²) in [6.07, 6.45) is 5.56. The van der Waals surface area contributed by atoms with Crippen LogP contribution in [0.2, 0.25) is 0 Å². The second kappa shape index (κ2) is 6.78. The SMILES string of the molecule is Cc1ccc2c(CC(=O)N3CC[C@@H]4[C@@H](CCCC(=O)N4C)C3)coc2c1. The maximum atomic E-state index is 12.9. The Kier molecular flexibility index (Phi) is 4.47. The smallest absolute Gasteiger partial charge is 0.227 e. The predicted molar refractivity (Wildman–Crippen MR) is 99.8 cm³/mol. The summed E-state index contributed by atoms with van der Waals surface area (Å²) in [5.74, 6) is 0.801. The number of benzene rings is 1. The summed E-state index contributed by atoms with van der Waals surface area (Å²) in [6, 6.07) is 6.38. The molecule has 138 valence electrons. The van der Waals surface area contributed by atoms with E-state index >= 15 is 0 Å². The molecule has 5 nitrogen and oxygen atoms in total. The zero-order chi connectivity index (χ0) is 18.3. The van der Waals surface area contributed by atoms with Gasteiger partial charge in [-0.05, 0) is 43.7 Å². The van der Waals surface area contributed by atoms with Crippen LogP contribution in [0.3, 0.4) is 0 Å². The monoisotopic (exact) mass is 354 g/mol. The lowest BCUT2D eigenvalue weighted by molar-refractivity contribution is -0.136.